The van der Waals surface area contributed by atoms with Crippen LogP contribution in [0.2, 0.25) is 0 Å². The van der Waals surface area contributed by atoms with Crippen molar-refractivity contribution in [1.82, 2.24) is 4.90 Å². The first-order chi connectivity index (χ1) is 14.5. The fraction of sp³-hybridized carbons (Fsp3) is 0.240. The van der Waals surface area contributed by atoms with E-state index in [2.05, 4.69) is 6.58 Å². The predicted octanol–water partition coefficient (Wildman–Crippen LogP) is 6.93. The number of hydrogen-bond donors (Lipinski definition) is 0. The van der Waals surface area contributed by atoms with E-state index in [1.807, 2.05) is 54.8 Å². The number of hydrogen-bond acceptors (Lipinski definition) is 3. The van der Waals surface area contributed by atoms with E-state index in [-0.39, 0.29) is 18.0 Å². The molecule has 1 saturated heterocycles. The smallest absolute Gasteiger partial charge is 0.411 e. The van der Waals surface area contributed by atoms with Gasteiger partial charge in [0.25, 0.3) is 0 Å². The van der Waals surface area contributed by atoms with E-state index >= 15 is 0 Å². The van der Waals surface area contributed by atoms with Gasteiger partial charge in [0.05, 0.1) is 6.04 Å². The molecule has 0 aliphatic carbocycles. The molecule has 0 bridgehead atoms. The van der Waals surface area contributed by atoms with Gasteiger partial charge in [0, 0.05) is 24.3 Å². The van der Waals surface area contributed by atoms with E-state index in [0.29, 0.717) is 13.0 Å². The maximum Gasteiger partial charge on any atom is 0.411 e. The lowest BCUT2D eigenvalue weighted by Gasteiger charge is -2.42. The lowest BCUT2D eigenvalue weighted by atomic mass is 9.91. The molecule has 1 aromatic heterocycles. The van der Waals surface area contributed by atoms with E-state index in [0.717, 1.165) is 28.0 Å². The summed E-state index contributed by atoms with van der Waals surface area (Å²) in [6, 6.07) is 18.4. The van der Waals surface area contributed by atoms with Crippen molar-refractivity contribution in [2.24, 2.45) is 0 Å². The second-order valence-corrected chi connectivity index (χ2v) is 8.53. The Morgan fingerprint density at radius 1 is 1.17 bits per heavy atom. The van der Waals surface area contributed by atoms with Crippen LogP contribution in [0.4, 0.5) is 9.18 Å². The highest BCUT2D eigenvalue weighted by Crippen LogP contribution is 2.41. The summed E-state index contributed by atoms with van der Waals surface area (Å²) in [5.74, 6) is -0.248. The molecule has 1 fully saturated rings. The van der Waals surface area contributed by atoms with Gasteiger partial charge in [-0.15, -0.1) is 17.9 Å². The molecule has 1 aliphatic heterocycles. The van der Waals surface area contributed by atoms with Gasteiger partial charge in [-0.25, -0.2) is 9.18 Å². The van der Waals surface area contributed by atoms with Crippen LogP contribution in [0.5, 0.6) is 0 Å². The quantitative estimate of drug-likeness (QED) is 0.404. The van der Waals surface area contributed by atoms with Crippen LogP contribution < -0.4 is 0 Å². The van der Waals surface area contributed by atoms with E-state index in [9.17, 15) is 9.18 Å². The normalized spacial score (nSPS) is 19.9. The summed E-state index contributed by atoms with van der Waals surface area (Å²) in [4.78, 5) is 15.8. The van der Waals surface area contributed by atoms with Crippen LogP contribution >= 0.6 is 11.3 Å². The van der Waals surface area contributed by atoms with Gasteiger partial charge < -0.3 is 9.64 Å². The van der Waals surface area contributed by atoms with Gasteiger partial charge in [-0.05, 0) is 47.2 Å². The summed E-state index contributed by atoms with van der Waals surface area (Å²) < 4.78 is 19.2. The molecule has 2 heterocycles. The minimum Gasteiger partial charge on any atom is -0.437 e. The Labute approximate surface area is 180 Å². The molecular weight excluding hydrogens is 397 g/mol. The number of benzene rings is 2. The minimum absolute atomic E-state index is 0.107. The van der Waals surface area contributed by atoms with Crippen LogP contribution in [0.15, 0.2) is 78.7 Å². The zero-order valence-electron chi connectivity index (χ0n) is 16.9. The summed E-state index contributed by atoms with van der Waals surface area (Å²) >= 11 is 1.61. The first-order valence-electron chi connectivity index (χ1n) is 10.0. The number of cyclic esters (lactones) is 1. The molecule has 0 saturated carbocycles. The van der Waals surface area contributed by atoms with Crippen molar-refractivity contribution in [2.75, 3.05) is 6.54 Å². The summed E-state index contributed by atoms with van der Waals surface area (Å²) in [5.41, 5.74) is 2.38. The highest BCUT2D eigenvalue weighted by atomic mass is 32.1. The highest BCUT2D eigenvalue weighted by molar-refractivity contribution is 7.10. The van der Waals surface area contributed by atoms with Crippen LogP contribution in [0.1, 0.15) is 36.2 Å². The number of nitrogens with zero attached hydrogens (tertiary/aromatic N) is 1. The van der Waals surface area contributed by atoms with Crippen LogP contribution in [-0.2, 0) is 10.3 Å². The number of halogens is 1. The predicted molar refractivity (Wildman–Crippen MR) is 119 cm³/mol. The fourth-order valence-corrected chi connectivity index (χ4v) is 4.89. The van der Waals surface area contributed by atoms with Crippen molar-refractivity contribution in [3.8, 4) is 11.1 Å². The molecule has 3 aromatic rings. The second kappa shape index (κ2) is 8.44. The summed E-state index contributed by atoms with van der Waals surface area (Å²) in [7, 11) is 0. The Morgan fingerprint density at radius 3 is 2.40 bits per heavy atom. The van der Waals surface area contributed by atoms with Gasteiger partial charge in [-0.3, -0.25) is 0 Å². The third kappa shape index (κ3) is 3.90. The van der Waals surface area contributed by atoms with Gasteiger partial charge in [0.15, 0.2) is 5.60 Å². The average Bonchev–Trinajstić information content (AvgIpc) is 3.30. The molecule has 2 atom stereocenters. The molecular formula is C25H24FNO2S. The molecule has 4 rings (SSSR count). The molecule has 0 N–H and O–H groups in total. The van der Waals surface area contributed by atoms with Crippen LogP contribution in [0, 0.1) is 5.82 Å². The molecule has 30 heavy (non-hydrogen) atoms. The molecule has 2 aromatic carbocycles. The Kier molecular flexibility index (Phi) is 5.73. The number of carbonyl (C=O) groups is 1. The fourth-order valence-electron chi connectivity index (χ4n) is 3.99. The molecule has 1 amide bonds. The SMILES string of the molecule is C=CC[C@]1(c2cccs2)CCN(C(C)c2ccc(-c3ccc(F)cc3)cc2)C(=O)O1. The molecule has 0 radical (unpaired) electrons. The van der Waals surface area contributed by atoms with Gasteiger partial charge in [0.1, 0.15) is 5.82 Å². The minimum atomic E-state index is -0.615. The molecule has 154 valence electrons. The van der Waals surface area contributed by atoms with E-state index in [1.54, 1.807) is 28.4 Å². The Hall–Kier alpha value is -2.92. The maximum atomic E-state index is 13.2. The zero-order chi connectivity index (χ0) is 21.1. The van der Waals surface area contributed by atoms with Gasteiger partial charge in [-0.1, -0.05) is 48.5 Å². The van der Waals surface area contributed by atoms with Crippen molar-refractivity contribution >= 4 is 17.4 Å². The number of rotatable bonds is 6. The largest absolute Gasteiger partial charge is 0.437 e. The standard InChI is InChI=1S/C25H24FNO2S/c1-3-14-25(23-5-4-17-30-23)15-16-27(24(28)29-25)18(2)19-6-8-20(9-7-19)21-10-12-22(26)13-11-21/h3-13,17-18H,1,14-16H2,2H3/t18?,25-/m1/s1. The second-order valence-electron chi connectivity index (χ2n) is 7.58. The van der Waals surface area contributed by atoms with Crippen LogP contribution in [-0.4, -0.2) is 17.5 Å². The van der Waals surface area contributed by atoms with E-state index in [4.69, 9.17) is 4.74 Å². The van der Waals surface area contributed by atoms with Gasteiger partial charge in [-0.2, -0.15) is 0 Å². The van der Waals surface area contributed by atoms with Gasteiger partial charge >= 0.3 is 6.09 Å². The lowest BCUT2D eigenvalue weighted by molar-refractivity contribution is -0.0567. The van der Waals surface area contributed by atoms with Gasteiger partial charge in [0.2, 0.25) is 0 Å². The summed E-state index contributed by atoms with van der Waals surface area (Å²) in [6.45, 7) is 6.48. The molecule has 1 aliphatic rings. The molecule has 1 unspecified atom stereocenters. The van der Waals surface area contributed by atoms with Crippen molar-refractivity contribution in [3.05, 3.63) is 95.0 Å². The van der Waals surface area contributed by atoms with Crippen molar-refractivity contribution < 1.29 is 13.9 Å². The third-order valence-electron chi connectivity index (χ3n) is 5.76. The highest BCUT2D eigenvalue weighted by Gasteiger charge is 2.43. The maximum absolute atomic E-state index is 13.2. The van der Waals surface area contributed by atoms with Crippen molar-refractivity contribution in [2.45, 2.75) is 31.4 Å². The Balaban J connectivity index is 1.50. The monoisotopic (exact) mass is 421 g/mol. The third-order valence-corrected chi connectivity index (χ3v) is 6.81. The van der Waals surface area contributed by atoms with Crippen molar-refractivity contribution in [1.29, 1.82) is 0 Å². The Bertz CT molecular complexity index is 1010. The number of carbonyl (C=O) groups excluding carboxylic acids is 1. The number of ether oxygens (including phenoxy) is 1. The zero-order valence-corrected chi connectivity index (χ0v) is 17.7. The topological polar surface area (TPSA) is 29.5 Å². The number of thiophene rings is 1. The summed E-state index contributed by atoms with van der Waals surface area (Å²) in [6.07, 6.45) is 2.85. The first kappa shape index (κ1) is 20.4. The molecule has 0 spiro atoms. The first-order valence-corrected chi connectivity index (χ1v) is 10.9. The van der Waals surface area contributed by atoms with Crippen molar-refractivity contribution in [3.63, 3.8) is 0 Å². The Morgan fingerprint density at radius 2 is 1.83 bits per heavy atom. The van der Waals surface area contributed by atoms with E-state index in [1.165, 1.54) is 12.1 Å². The van der Waals surface area contributed by atoms with Crippen LogP contribution in [0.3, 0.4) is 0 Å². The average molecular weight is 422 g/mol. The van der Waals surface area contributed by atoms with E-state index < -0.39 is 5.60 Å². The summed E-state index contributed by atoms with van der Waals surface area (Å²) in [5, 5.41) is 2.01. The lowest BCUT2D eigenvalue weighted by Crippen LogP contribution is -2.48. The molecule has 3 nitrogen and oxygen atoms in total. The van der Waals surface area contributed by atoms with Crippen LogP contribution in [0.25, 0.3) is 11.1 Å². The number of amides is 1. The molecule has 5 heteroatoms.